The maximum Gasteiger partial charge on any atom is 0.221 e. The van der Waals surface area contributed by atoms with Gasteiger partial charge in [0.05, 0.1) is 13.0 Å². The molecule has 1 aromatic carbocycles. The summed E-state index contributed by atoms with van der Waals surface area (Å²) in [7, 11) is 1.95. The number of amides is 1. The van der Waals surface area contributed by atoms with Gasteiger partial charge < -0.3 is 15.0 Å². The molecule has 17 heavy (non-hydrogen) atoms. The first kappa shape index (κ1) is 11.5. The molecule has 0 atom stereocenters. The Balaban J connectivity index is 2.52. The summed E-state index contributed by atoms with van der Waals surface area (Å²) in [5.41, 5.74) is 7.26. The summed E-state index contributed by atoms with van der Waals surface area (Å²) in [6.07, 6.45) is 2.19. The summed E-state index contributed by atoms with van der Waals surface area (Å²) in [6, 6.07) is 5.88. The Morgan fingerprint density at radius 3 is 2.88 bits per heavy atom. The zero-order chi connectivity index (χ0) is 12.4. The number of carbonyl (C=O) groups is 1. The molecule has 4 heteroatoms. The van der Waals surface area contributed by atoms with Crippen LogP contribution < -0.4 is 10.5 Å². The molecule has 0 radical (unpaired) electrons. The van der Waals surface area contributed by atoms with Crippen LogP contribution in [0, 0.1) is 0 Å². The molecule has 2 rings (SSSR count). The van der Waals surface area contributed by atoms with Gasteiger partial charge in [-0.2, -0.15) is 0 Å². The molecular formula is C13H16N2O2. The predicted octanol–water partition coefficient (Wildman–Crippen LogP) is 1.60. The number of primary amides is 1. The monoisotopic (exact) mass is 232 g/mol. The fraction of sp³-hybridized carbons (Fsp3) is 0.308. The molecule has 1 amide bonds. The lowest BCUT2D eigenvalue weighted by atomic mass is 10.1. The first-order chi connectivity index (χ1) is 8.11. The van der Waals surface area contributed by atoms with Crippen molar-refractivity contribution in [3.8, 4) is 5.75 Å². The fourth-order valence-electron chi connectivity index (χ4n) is 2.04. The molecule has 1 heterocycles. The molecule has 0 saturated heterocycles. The molecule has 1 aromatic heterocycles. The van der Waals surface area contributed by atoms with Crippen molar-refractivity contribution in [2.75, 3.05) is 6.61 Å². The van der Waals surface area contributed by atoms with Gasteiger partial charge in [0, 0.05) is 24.1 Å². The van der Waals surface area contributed by atoms with Crippen LogP contribution in [0.5, 0.6) is 5.75 Å². The summed E-state index contributed by atoms with van der Waals surface area (Å²) >= 11 is 0. The third kappa shape index (κ3) is 2.25. The molecule has 0 spiro atoms. The number of aryl methyl sites for hydroxylation is 1. The number of fused-ring (bicyclic) bond motifs is 1. The number of nitrogens with two attached hydrogens (primary N) is 1. The van der Waals surface area contributed by atoms with E-state index in [1.807, 2.05) is 42.9 Å². The molecule has 2 aromatic rings. The molecule has 0 fully saturated rings. The Morgan fingerprint density at radius 2 is 2.24 bits per heavy atom. The first-order valence-corrected chi connectivity index (χ1v) is 5.61. The van der Waals surface area contributed by atoms with Gasteiger partial charge >= 0.3 is 0 Å². The summed E-state index contributed by atoms with van der Waals surface area (Å²) in [5.74, 6) is 0.497. The second-order valence-electron chi connectivity index (χ2n) is 4.02. The Morgan fingerprint density at radius 1 is 1.47 bits per heavy atom. The third-order valence-electron chi connectivity index (χ3n) is 2.72. The van der Waals surface area contributed by atoms with Crippen LogP contribution in [0.25, 0.3) is 10.9 Å². The minimum Gasteiger partial charge on any atom is -0.494 e. The minimum atomic E-state index is -0.320. The van der Waals surface area contributed by atoms with E-state index in [1.165, 1.54) is 0 Å². The minimum absolute atomic E-state index is 0.257. The van der Waals surface area contributed by atoms with E-state index in [4.69, 9.17) is 10.5 Å². The average Bonchev–Trinajstić information content (AvgIpc) is 2.55. The number of aromatic nitrogens is 1. The molecule has 90 valence electrons. The topological polar surface area (TPSA) is 57.2 Å². The number of ether oxygens (including phenoxy) is 1. The maximum atomic E-state index is 11.0. The predicted molar refractivity (Wildman–Crippen MR) is 67.0 cm³/mol. The average molecular weight is 232 g/mol. The van der Waals surface area contributed by atoms with Crippen LogP contribution in [-0.4, -0.2) is 17.1 Å². The van der Waals surface area contributed by atoms with Crippen LogP contribution in [0.3, 0.4) is 0 Å². The zero-order valence-electron chi connectivity index (χ0n) is 10.1. The quantitative estimate of drug-likeness (QED) is 0.870. The van der Waals surface area contributed by atoms with Gasteiger partial charge in [-0.15, -0.1) is 0 Å². The highest BCUT2D eigenvalue weighted by molar-refractivity contribution is 5.89. The van der Waals surface area contributed by atoms with E-state index in [9.17, 15) is 4.79 Å². The number of benzene rings is 1. The van der Waals surface area contributed by atoms with Gasteiger partial charge in [-0.05, 0) is 30.7 Å². The van der Waals surface area contributed by atoms with Crippen molar-refractivity contribution < 1.29 is 9.53 Å². The Labute approximate surface area is 100.0 Å². The van der Waals surface area contributed by atoms with Crippen molar-refractivity contribution in [1.82, 2.24) is 4.57 Å². The first-order valence-electron chi connectivity index (χ1n) is 5.61. The van der Waals surface area contributed by atoms with Crippen molar-refractivity contribution in [2.24, 2.45) is 12.8 Å². The van der Waals surface area contributed by atoms with E-state index in [0.717, 1.165) is 22.2 Å². The van der Waals surface area contributed by atoms with Crippen LogP contribution in [0.1, 0.15) is 12.5 Å². The van der Waals surface area contributed by atoms with Crippen LogP contribution in [0.15, 0.2) is 24.4 Å². The van der Waals surface area contributed by atoms with E-state index in [1.54, 1.807) is 0 Å². The van der Waals surface area contributed by atoms with Gasteiger partial charge in [-0.25, -0.2) is 0 Å². The molecular weight excluding hydrogens is 216 g/mol. The van der Waals surface area contributed by atoms with Gasteiger partial charge in [0.15, 0.2) is 0 Å². The van der Waals surface area contributed by atoms with Crippen LogP contribution in [0.4, 0.5) is 0 Å². The maximum absolute atomic E-state index is 11.0. The molecule has 0 aliphatic carbocycles. The molecule has 0 unspecified atom stereocenters. The van der Waals surface area contributed by atoms with Gasteiger partial charge in [0.1, 0.15) is 5.75 Å². The van der Waals surface area contributed by atoms with Gasteiger partial charge in [-0.3, -0.25) is 4.79 Å². The number of hydrogen-bond acceptors (Lipinski definition) is 2. The lowest BCUT2D eigenvalue weighted by Gasteiger charge is -2.03. The Bertz CT molecular complexity index is 558. The molecule has 0 saturated carbocycles. The summed E-state index contributed by atoms with van der Waals surface area (Å²) in [6.45, 7) is 2.57. The van der Waals surface area contributed by atoms with Crippen molar-refractivity contribution in [3.63, 3.8) is 0 Å². The highest BCUT2D eigenvalue weighted by Crippen LogP contribution is 2.25. The normalized spacial score (nSPS) is 10.7. The standard InChI is InChI=1S/C13H16N2O2/c1-3-17-10-4-5-12-11(7-10)9(6-13(14)16)8-15(12)2/h4-5,7-8H,3,6H2,1-2H3,(H2,14,16). The molecule has 4 nitrogen and oxygen atoms in total. The van der Waals surface area contributed by atoms with E-state index < -0.39 is 0 Å². The molecule has 0 aliphatic rings. The Kier molecular flexibility index (Phi) is 3.04. The second-order valence-corrected chi connectivity index (χ2v) is 4.02. The molecule has 0 aliphatic heterocycles. The van der Waals surface area contributed by atoms with Crippen molar-refractivity contribution >= 4 is 16.8 Å². The second kappa shape index (κ2) is 4.49. The summed E-state index contributed by atoms with van der Waals surface area (Å²) in [5, 5.41) is 1.03. The highest BCUT2D eigenvalue weighted by Gasteiger charge is 2.09. The van der Waals surface area contributed by atoms with E-state index in [2.05, 4.69) is 0 Å². The zero-order valence-corrected chi connectivity index (χ0v) is 10.1. The van der Waals surface area contributed by atoms with Gasteiger partial charge in [0.25, 0.3) is 0 Å². The number of rotatable bonds is 4. The smallest absolute Gasteiger partial charge is 0.221 e. The third-order valence-corrected chi connectivity index (χ3v) is 2.72. The molecule has 0 bridgehead atoms. The number of nitrogens with zero attached hydrogens (tertiary/aromatic N) is 1. The lowest BCUT2D eigenvalue weighted by molar-refractivity contribution is -0.117. The van der Waals surface area contributed by atoms with E-state index >= 15 is 0 Å². The molecule has 2 N–H and O–H groups in total. The summed E-state index contributed by atoms with van der Waals surface area (Å²) in [4.78, 5) is 11.0. The van der Waals surface area contributed by atoms with Crippen LogP contribution in [0.2, 0.25) is 0 Å². The van der Waals surface area contributed by atoms with Crippen molar-refractivity contribution in [2.45, 2.75) is 13.3 Å². The SMILES string of the molecule is CCOc1ccc2c(c1)c(CC(N)=O)cn2C. The van der Waals surface area contributed by atoms with Crippen molar-refractivity contribution in [1.29, 1.82) is 0 Å². The number of hydrogen-bond donors (Lipinski definition) is 1. The largest absolute Gasteiger partial charge is 0.494 e. The highest BCUT2D eigenvalue weighted by atomic mass is 16.5. The fourth-order valence-corrected chi connectivity index (χ4v) is 2.04. The summed E-state index contributed by atoms with van der Waals surface area (Å²) < 4.78 is 7.45. The lowest BCUT2D eigenvalue weighted by Crippen LogP contribution is -2.13. The van der Waals surface area contributed by atoms with Gasteiger partial charge in [0.2, 0.25) is 5.91 Å². The Hall–Kier alpha value is -1.97. The number of carbonyl (C=O) groups excluding carboxylic acids is 1. The van der Waals surface area contributed by atoms with Crippen LogP contribution >= 0.6 is 0 Å². The van der Waals surface area contributed by atoms with Crippen molar-refractivity contribution in [3.05, 3.63) is 30.0 Å². The van der Waals surface area contributed by atoms with E-state index in [0.29, 0.717) is 6.61 Å². The van der Waals surface area contributed by atoms with Gasteiger partial charge in [-0.1, -0.05) is 0 Å². The van der Waals surface area contributed by atoms with Crippen LogP contribution in [-0.2, 0) is 18.3 Å². The van der Waals surface area contributed by atoms with E-state index in [-0.39, 0.29) is 12.3 Å².